The Morgan fingerprint density at radius 1 is 1.29 bits per heavy atom. The van der Waals surface area contributed by atoms with E-state index in [2.05, 4.69) is 5.32 Å². The van der Waals surface area contributed by atoms with E-state index in [4.69, 9.17) is 17.3 Å². The average Bonchev–Trinajstić information content (AvgIpc) is 2.47. The minimum Gasteiger partial charge on any atom is -0.341 e. The second kappa shape index (κ2) is 6.91. The lowest BCUT2D eigenvalue weighted by molar-refractivity contribution is -0.133. The largest absolute Gasteiger partial charge is 0.341 e. The average molecular weight is 310 g/mol. The van der Waals surface area contributed by atoms with Crippen molar-refractivity contribution in [3.05, 3.63) is 34.9 Å². The van der Waals surface area contributed by atoms with Crippen molar-refractivity contribution >= 4 is 23.4 Å². The molecular weight excluding hydrogens is 290 g/mol. The fraction of sp³-hybridized carbons (Fsp3) is 0.467. The zero-order valence-electron chi connectivity index (χ0n) is 12.0. The van der Waals surface area contributed by atoms with Crippen molar-refractivity contribution in [2.75, 3.05) is 13.1 Å². The Balaban J connectivity index is 1.91. The fourth-order valence-corrected chi connectivity index (χ4v) is 2.46. The first-order valence-electron chi connectivity index (χ1n) is 7.08. The highest BCUT2D eigenvalue weighted by Crippen LogP contribution is 2.11. The number of carbonyl (C=O) groups is 2. The number of nitrogens with one attached hydrogen (secondary N) is 1. The van der Waals surface area contributed by atoms with Crippen LogP contribution in [0.5, 0.6) is 0 Å². The van der Waals surface area contributed by atoms with Gasteiger partial charge in [0.05, 0.1) is 0 Å². The van der Waals surface area contributed by atoms with Crippen LogP contribution in [-0.4, -0.2) is 41.9 Å². The van der Waals surface area contributed by atoms with Crippen LogP contribution in [-0.2, 0) is 4.79 Å². The monoisotopic (exact) mass is 309 g/mol. The van der Waals surface area contributed by atoms with Gasteiger partial charge in [-0.05, 0) is 44.0 Å². The molecular formula is C15H20ClN3O2. The fourth-order valence-electron chi connectivity index (χ4n) is 2.34. The molecule has 0 saturated carbocycles. The maximum Gasteiger partial charge on any atom is 0.251 e. The summed E-state index contributed by atoms with van der Waals surface area (Å²) in [7, 11) is 0. The minimum atomic E-state index is -0.553. The molecule has 1 heterocycles. The summed E-state index contributed by atoms with van der Waals surface area (Å²) in [5.74, 6) is -0.342. The standard InChI is InChI=1S/C15H20ClN3O2/c1-10(15(21)19-8-6-13(17)7-9-19)18-14(20)11-2-4-12(16)5-3-11/h2-5,10,13H,6-9,17H2,1H3,(H,18,20). The van der Waals surface area contributed by atoms with E-state index in [0.29, 0.717) is 23.7 Å². The number of nitrogens with two attached hydrogens (primary N) is 1. The van der Waals surface area contributed by atoms with E-state index in [1.165, 1.54) is 0 Å². The van der Waals surface area contributed by atoms with Gasteiger partial charge in [-0.15, -0.1) is 0 Å². The molecule has 2 amide bonds. The molecule has 1 unspecified atom stereocenters. The lowest BCUT2D eigenvalue weighted by Crippen LogP contribution is -2.50. The molecule has 0 spiro atoms. The van der Waals surface area contributed by atoms with Crippen molar-refractivity contribution < 1.29 is 9.59 Å². The summed E-state index contributed by atoms with van der Waals surface area (Å²) in [4.78, 5) is 26.1. The highest BCUT2D eigenvalue weighted by molar-refractivity contribution is 6.30. The molecule has 21 heavy (non-hydrogen) atoms. The molecule has 0 aromatic heterocycles. The zero-order chi connectivity index (χ0) is 15.4. The van der Waals surface area contributed by atoms with Crippen molar-refractivity contribution in [3.63, 3.8) is 0 Å². The predicted molar refractivity (Wildman–Crippen MR) is 82.2 cm³/mol. The number of amides is 2. The van der Waals surface area contributed by atoms with Crippen LogP contribution >= 0.6 is 11.6 Å². The molecule has 0 radical (unpaired) electrons. The Hall–Kier alpha value is -1.59. The van der Waals surface area contributed by atoms with Crippen LogP contribution in [0.3, 0.4) is 0 Å². The van der Waals surface area contributed by atoms with E-state index in [1.807, 2.05) is 0 Å². The van der Waals surface area contributed by atoms with Crippen LogP contribution in [0.15, 0.2) is 24.3 Å². The quantitative estimate of drug-likeness (QED) is 0.886. The molecule has 1 aliphatic heterocycles. The third-order valence-electron chi connectivity index (χ3n) is 3.68. The first-order valence-corrected chi connectivity index (χ1v) is 7.46. The molecule has 1 aromatic rings. The van der Waals surface area contributed by atoms with Gasteiger partial charge >= 0.3 is 0 Å². The Labute approximate surface area is 129 Å². The molecule has 3 N–H and O–H groups in total. The molecule has 114 valence electrons. The number of likely N-dealkylation sites (tertiary alicyclic amines) is 1. The van der Waals surface area contributed by atoms with Crippen LogP contribution in [0.1, 0.15) is 30.1 Å². The Kier molecular flexibility index (Phi) is 5.20. The zero-order valence-corrected chi connectivity index (χ0v) is 12.8. The summed E-state index contributed by atoms with van der Waals surface area (Å²) in [6.07, 6.45) is 1.62. The summed E-state index contributed by atoms with van der Waals surface area (Å²) >= 11 is 5.78. The summed E-state index contributed by atoms with van der Waals surface area (Å²) < 4.78 is 0. The second-order valence-electron chi connectivity index (χ2n) is 5.36. The summed E-state index contributed by atoms with van der Waals surface area (Å²) in [6.45, 7) is 3.01. The van der Waals surface area contributed by atoms with Crippen LogP contribution in [0.4, 0.5) is 0 Å². The Morgan fingerprint density at radius 3 is 2.43 bits per heavy atom. The van der Waals surface area contributed by atoms with Crippen molar-refractivity contribution in [3.8, 4) is 0 Å². The van der Waals surface area contributed by atoms with Gasteiger partial charge in [-0.2, -0.15) is 0 Å². The number of piperidine rings is 1. The van der Waals surface area contributed by atoms with Crippen molar-refractivity contribution in [2.45, 2.75) is 31.8 Å². The second-order valence-corrected chi connectivity index (χ2v) is 5.80. The molecule has 5 nitrogen and oxygen atoms in total. The lowest BCUT2D eigenvalue weighted by Gasteiger charge is -2.32. The Morgan fingerprint density at radius 2 is 1.86 bits per heavy atom. The summed E-state index contributed by atoms with van der Waals surface area (Å²) in [6, 6.07) is 6.18. The number of halogens is 1. The van der Waals surface area contributed by atoms with E-state index in [9.17, 15) is 9.59 Å². The lowest BCUT2D eigenvalue weighted by atomic mass is 10.1. The third-order valence-corrected chi connectivity index (χ3v) is 3.93. The van der Waals surface area contributed by atoms with Crippen LogP contribution in [0.2, 0.25) is 5.02 Å². The predicted octanol–water partition coefficient (Wildman–Crippen LogP) is 1.41. The minimum absolute atomic E-state index is 0.0655. The van der Waals surface area contributed by atoms with Crippen molar-refractivity contribution in [1.82, 2.24) is 10.2 Å². The van der Waals surface area contributed by atoms with Gasteiger partial charge in [0.25, 0.3) is 5.91 Å². The molecule has 1 aliphatic rings. The van der Waals surface area contributed by atoms with Crippen LogP contribution < -0.4 is 11.1 Å². The van der Waals surface area contributed by atoms with Gasteiger partial charge in [-0.1, -0.05) is 11.6 Å². The number of nitrogens with zero attached hydrogens (tertiary/aromatic N) is 1. The molecule has 1 aromatic carbocycles. The molecule has 1 fully saturated rings. The van der Waals surface area contributed by atoms with Crippen LogP contribution in [0, 0.1) is 0 Å². The highest BCUT2D eigenvalue weighted by atomic mass is 35.5. The van der Waals surface area contributed by atoms with Gasteiger partial charge in [-0.3, -0.25) is 9.59 Å². The number of benzene rings is 1. The summed E-state index contributed by atoms with van der Waals surface area (Å²) in [5.41, 5.74) is 6.31. The maximum absolute atomic E-state index is 12.3. The number of carbonyl (C=O) groups excluding carboxylic acids is 2. The third kappa shape index (κ3) is 4.19. The SMILES string of the molecule is CC(NC(=O)c1ccc(Cl)cc1)C(=O)N1CCC(N)CC1. The number of hydrogen-bond acceptors (Lipinski definition) is 3. The van der Waals surface area contributed by atoms with Gasteiger partial charge in [0.15, 0.2) is 0 Å². The molecule has 1 atom stereocenters. The van der Waals surface area contributed by atoms with Gasteiger partial charge in [-0.25, -0.2) is 0 Å². The normalized spacial score (nSPS) is 17.4. The Bertz CT molecular complexity index is 510. The van der Waals surface area contributed by atoms with E-state index in [-0.39, 0.29) is 17.9 Å². The molecule has 2 rings (SSSR count). The van der Waals surface area contributed by atoms with Gasteiger partial charge in [0.1, 0.15) is 6.04 Å². The number of rotatable bonds is 3. The highest BCUT2D eigenvalue weighted by Gasteiger charge is 2.25. The first-order chi connectivity index (χ1) is 9.97. The van der Waals surface area contributed by atoms with Gasteiger partial charge < -0.3 is 16.0 Å². The van der Waals surface area contributed by atoms with Crippen molar-refractivity contribution in [1.29, 1.82) is 0 Å². The van der Waals surface area contributed by atoms with Crippen molar-refractivity contribution in [2.24, 2.45) is 5.73 Å². The molecule has 0 aliphatic carbocycles. The maximum atomic E-state index is 12.3. The van der Waals surface area contributed by atoms with Crippen LogP contribution in [0.25, 0.3) is 0 Å². The van der Waals surface area contributed by atoms with Gasteiger partial charge in [0.2, 0.25) is 5.91 Å². The number of hydrogen-bond donors (Lipinski definition) is 2. The topological polar surface area (TPSA) is 75.4 Å². The van der Waals surface area contributed by atoms with E-state index in [0.717, 1.165) is 12.8 Å². The summed E-state index contributed by atoms with van der Waals surface area (Å²) in [5, 5.41) is 3.29. The molecule has 0 bridgehead atoms. The first kappa shape index (κ1) is 15.8. The van der Waals surface area contributed by atoms with Gasteiger partial charge in [0, 0.05) is 29.7 Å². The van der Waals surface area contributed by atoms with E-state index >= 15 is 0 Å². The molecule has 1 saturated heterocycles. The smallest absolute Gasteiger partial charge is 0.251 e. The van der Waals surface area contributed by atoms with E-state index < -0.39 is 6.04 Å². The van der Waals surface area contributed by atoms with E-state index in [1.54, 1.807) is 36.1 Å². The molecule has 6 heteroatoms.